The Balaban J connectivity index is 2.44. The Labute approximate surface area is 173 Å². The Morgan fingerprint density at radius 2 is 2.00 bits per heavy atom. The third-order valence-corrected chi connectivity index (χ3v) is 7.81. The van der Waals surface area contributed by atoms with Crippen molar-refractivity contribution in [2.45, 2.75) is 85.5 Å². The van der Waals surface area contributed by atoms with E-state index in [1.165, 1.54) is 5.57 Å². The molecular formula is C24H40O3Si. The molecule has 0 saturated heterocycles. The SMILES string of the molecule is C=C[C@](C)(C[C@@H](OC)C1(C)C2=C(CCC2=O)CCC1C)/C(=C/C)O[Si](C)(C)C. The maximum absolute atomic E-state index is 12.8. The number of allylic oxidation sites excluding steroid dienone is 3. The molecule has 2 aliphatic carbocycles. The van der Waals surface area contributed by atoms with Crippen molar-refractivity contribution in [2.75, 3.05) is 7.11 Å². The summed E-state index contributed by atoms with van der Waals surface area (Å²) in [4.78, 5) is 12.8. The van der Waals surface area contributed by atoms with E-state index in [0.717, 1.165) is 37.0 Å². The van der Waals surface area contributed by atoms with Crippen molar-refractivity contribution in [3.8, 4) is 0 Å². The maximum atomic E-state index is 12.8. The van der Waals surface area contributed by atoms with Gasteiger partial charge in [-0.15, -0.1) is 6.58 Å². The number of ether oxygens (including phenoxy) is 1. The van der Waals surface area contributed by atoms with Crippen LogP contribution in [0.15, 0.2) is 35.6 Å². The van der Waals surface area contributed by atoms with Crippen molar-refractivity contribution in [3.63, 3.8) is 0 Å². The molecule has 0 saturated carbocycles. The van der Waals surface area contributed by atoms with Crippen LogP contribution in [0.5, 0.6) is 0 Å². The highest BCUT2D eigenvalue weighted by molar-refractivity contribution is 6.70. The molecule has 0 heterocycles. The van der Waals surface area contributed by atoms with E-state index >= 15 is 0 Å². The Bertz CT molecular complexity index is 684. The van der Waals surface area contributed by atoms with Gasteiger partial charge in [0, 0.05) is 29.9 Å². The van der Waals surface area contributed by atoms with Gasteiger partial charge in [0.2, 0.25) is 8.32 Å². The summed E-state index contributed by atoms with van der Waals surface area (Å²) < 4.78 is 12.6. The average molecular weight is 405 g/mol. The van der Waals surface area contributed by atoms with Gasteiger partial charge in [0.25, 0.3) is 0 Å². The highest BCUT2D eigenvalue weighted by Crippen LogP contribution is 2.54. The number of hydrogen-bond donors (Lipinski definition) is 0. The van der Waals surface area contributed by atoms with Crippen molar-refractivity contribution < 1.29 is 14.0 Å². The van der Waals surface area contributed by atoms with Crippen LogP contribution in [0.1, 0.15) is 59.8 Å². The quantitative estimate of drug-likeness (QED) is 0.265. The molecule has 4 heteroatoms. The molecule has 3 nitrogen and oxygen atoms in total. The average Bonchev–Trinajstić information content (AvgIpc) is 3.01. The molecule has 2 rings (SSSR count). The van der Waals surface area contributed by atoms with Gasteiger partial charge in [-0.25, -0.2) is 0 Å². The van der Waals surface area contributed by atoms with Gasteiger partial charge in [0.05, 0.1) is 11.9 Å². The second-order valence-corrected chi connectivity index (χ2v) is 14.5. The standard InChI is InChI=1S/C24H40O3Si/c1-10-20(27-28(7,8)9)23(4,11-2)16-21(26-6)24(5)17(3)12-13-18-14-15-19(25)22(18)24/h10-11,17,21H,2,12-16H2,1,3-9H3/b20-10-/t17?,21-,23-,24?/m1/s1. The van der Waals surface area contributed by atoms with Crippen LogP contribution in [0.25, 0.3) is 0 Å². The van der Waals surface area contributed by atoms with E-state index in [0.29, 0.717) is 18.1 Å². The minimum Gasteiger partial charge on any atom is -0.547 e. The first-order chi connectivity index (χ1) is 12.9. The fourth-order valence-corrected chi connectivity index (χ4v) is 6.11. The van der Waals surface area contributed by atoms with Gasteiger partial charge in [-0.3, -0.25) is 4.79 Å². The minimum absolute atomic E-state index is 0.0713. The summed E-state index contributed by atoms with van der Waals surface area (Å²) in [6.45, 7) is 19.5. The summed E-state index contributed by atoms with van der Waals surface area (Å²) in [7, 11) is 0.0338. The normalized spacial score (nSPS) is 29.4. The first-order valence-electron chi connectivity index (χ1n) is 10.7. The highest BCUT2D eigenvalue weighted by Gasteiger charge is 2.51. The summed E-state index contributed by atoms with van der Waals surface area (Å²) in [5, 5.41) is 0. The molecule has 0 amide bonds. The summed E-state index contributed by atoms with van der Waals surface area (Å²) in [5.74, 6) is 1.71. The van der Waals surface area contributed by atoms with E-state index in [2.05, 4.69) is 53.1 Å². The zero-order valence-electron chi connectivity index (χ0n) is 19.3. The van der Waals surface area contributed by atoms with Gasteiger partial charge in [0.15, 0.2) is 5.78 Å². The van der Waals surface area contributed by atoms with E-state index in [1.54, 1.807) is 7.11 Å². The first kappa shape index (κ1) is 23.1. The lowest BCUT2D eigenvalue weighted by molar-refractivity contribution is -0.118. The molecule has 0 fully saturated rings. The zero-order valence-corrected chi connectivity index (χ0v) is 20.3. The molecule has 0 bridgehead atoms. The van der Waals surface area contributed by atoms with Crippen LogP contribution in [0.2, 0.25) is 19.6 Å². The van der Waals surface area contributed by atoms with Crippen LogP contribution in [-0.4, -0.2) is 27.3 Å². The lowest BCUT2D eigenvalue weighted by Crippen LogP contribution is -2.47. The number of methoxy groups -OCH3 is 1. The van der Waals surface area contributed by atoms with E-state index in [-0.39, 0.29) is 16.9 Å². The minimum atomic E-state index is -1.75. The lowest BCUT2D eigenvalue weighted by Gasteiger charge is -2.48. The van der Waals surface area contributed by atoms with Crippen molar-refractivity contribution in [1.29, 1.82) is 0 Å². The van der Waals surface area contributed by atoms with Gasteiger partial charge < -0.3 is 9.16 Å². The highest BCUT2D eigenvalue weighted by atomic mass is 28.4. The smallest absolute Gasteiger partial charge is 0.241 e. The Kier molecular flexibility index (Phi) is 6.87. The third kappa shape index (κ3) is 4.23. The van der Waals surface area contributed by atoms with Crippen LogP contribution in [0.4, 0.5) is 0 Å². The largest absolute Gasteiger partial charge is 0.547 e. The zero-order chi connectivity index (χ0) is 21.3. The van der Waals surface area contributed by atoms with Crippen LogP contribution in [0, 0.1) is 16.7 Å². The summed E-state index contributed by atoms with van der Waals surface area (Å²) in [5.41, 5.74) is 1.84. The van der Waals surface area contributed by atoms with Gasteiger partial charge >= 0.3 is 0 Å². The third-order valence-electron chi connectivity index (χ3n) is 6.98. The molecule has 0 aromatic carbocycles. The molecule has 2 unspecified atom stereocenters. The fraction of sp³-hybridized carbons (Fsp3) is 0.708. The fourth-order valence-electron chi connectivity index (χ4n) is 5.10. The maximum Gasteiger partial charge on any atom is 0.241 e. The Hall–Kier alpha value is -1.13. The van der Waals surface area contributed by atoms with Gasteiger partial charge in [0.1, 0.15) is 0 Å². The van der Waals surface area contributed by atoms with Gasteiger partial charge in [-0.2, -0.15) is 0 Å². The van der Waals surface area contributed by atoms with E-state index in [9.17, 15) is 4.79 Å². The molecule has 158 valence electrons. The number of ketones is 1. The van der Waals surface area contributed by atoms with Crippen LogP contribution in [0.3, 0.4) is 0 Å². The molecule has 0 aliphatic heterocycles. The number of hydrogen-bond acceptors (Lipinski definition) is 3. The predicted octanol–water partition coefficient (Wildman–Crippen LogP) is 6.43. The molecule has 0 spiro atoms. The predicted molar refractivity (Wildman–Crippen MR) is 120 cm³/mol. The molecular weight excluding hydrogens is 364 g/mol. The molecule has 2 aliphatic rings. The van der Waals surface area contributed by atoms with Crippen LogP contribution in [-0.2, 0) is 14.0 Å². The molecule has 0 radical (unpaired) electrons. The summed E-state index contributed by atoms with van der Waals surface area (Å²) in [6, 6.07) is 0. The van der Waals surface area contributed by atoms with Gasteiger partial charge in [-0.05, 0) is 65.1 Å². The van der Waals surface area contributed by atoms with Gasteiger partial charge in [-0.1, -0.05) is 31.6 Å². The van der Waals surface area contributed by atoms with Crippen molar-refractivity contribution >= 4 is 14.1 Å². The van der Waals surface area contributed by atoms with Crippen molar-refractivity contribution in [2.24, 2.45) is 16.7 Å². The van der Waals surface area contributed by atoms with E-state index < -0.39 is 8.32 Å². The Morgan fingerprint density at radius 3 is 2.50 bits per heavy atom. The molecule has 0 N–H and O–H groups in total. The summed E-state index contributed by atoms with van der Waals surface area (Å²) in [6.07, 6.45) is 8.54. The number of rotatable bonds is 8. The second kappa shape index (κ2) is 8.31. The van der Waals surface area contributed by atoms with Crippen molar-refractivity contribution in [3.05, 3.63) is 35.6 Å². The van der Waals surface area contributed by atoms with E-state index in [1.807, 2.05) is 13.0 Å². The number of Topliss-reactive ketones (excluding diaryl/α,β-unsaturated/α-hetero) is 1. The molecule has 0 aromatic heterocycles. The van der Waals surface area contributed by atoms with E-state index in [4.69, 9.17) is 9.16 Å². The first-order valence-corrected chi connectivity index (χ1v) is 14.1. The van der Waals surface area contributed by atoms with Crippen LogP contribution < -0.4 is 0 Å². The molecule has 4 atom stereocenters. The van der Waals surface area contributed by atoms with Crippen LogP contribution >= 0.6 is 0 Å². The number of carbonyl (C=O) groups excluding carboxylic acids is 1. The second-order valence-electron chi connectivity index (χ2n) is 10.0. The number of carbonyl (C=O) groups is 1. The lowest BCUT2D eigenvalue weighted by atomic mass is 9.59. The monoisotopic (exact) mass is 404 g/mol. The summed E-state index contributed by atoms with van der Waals surface area (Å²) >= 11 is 0. The molecule has 0 aromatic rings. The Morgan fingerprint density at radius 1 is 1.36 bits per heavy atom. The van der Waals surface area contributed by atoms with Crippen molar-refractivity contribution in [1.82, 2.24) is 0 Å². The molecule has 28 heavy (non-hydrogen) atoms. The topological polar surface area (TPSA) is 35.5 Å².